The number of rotatable bonds is 8. The lowest BCUT2D eigenvalue weighted by Crippen LogP contribution is -2.17. The Morgan fingerprint density at radius 2 is 2.16 bits per heavy atom. The number of hydrogen-bond acceptors (Lipinski definition) is 5. The number of pyridine rings is 1. The molecule has 1 aromatic heterocycles. The summed E-state index contributed by atoms with van der Waals surface area (Å²) in [5.41, 5.74) is 1.21. The second-order valence-electron chi connectivity index (χ2n) is 5.95. The number of hydrogen-bond donors (Lipinski definition) is 4. The lowest BCUT2D eigenvalue weighted by molar-refractivity contribution is 0.0695. The minimum absolute atomic E-state index is 0.0457. The standard InChI is InChI=1S/C17H19ClN2O5/c18-14-12(19-3-5-25-6-4-21)7-10-15(13(14)9-1-2-9)20-8-11(16(10)22)17(23)24/h7-9,19,21H,1-6H2,(H,20,22)(H,23,24). The van der Waals surface area contributed by atoms with E-state index in [0.717, 1.165) is 18.4 Å². The number of carboxylic acid groups (broad SMARTS) is 1. The average molecular weight is 367 g/mol. The Balaban J connectivity index is 2.01. The summed E-state index contributed by atoms with van der Waals surface area (Å²) in [4.78, 5) is 26.7. The second kappa shape index (κ2) is 7.43. The summed E-state index contributed by atoms with van der Waals surface area (Å²) >= 11 is 6.54. The average Bonchev–Trinajstić information content (AvgIpc) is 3.40. The van der Waals surface area contributed by atoms with Crippen molar-refractivity contribution in [2.24, 2.45) is 0 Å². The maximum atomic E-state index is 12.5. The number of nitrogens with one attached hydrogen (secondary N) is 2. The Hall–Kier alpha value is -2.09. The molecule has 0 atom stereocenters. The summed E-state index contributed by atoms with van der Waals surface area (Å²) < 4.78 is 5.20. The van der Waals surface area contributed by atoms with Crippen molar-refractivity contribution in [2.45, 2.75) is 18.8 Å². The van der Waals surface area contributed by atoms with Gasteiger partial charge >= 0.3 is 5.97 Å². The molecule has 0 unspecified atom stereocenters. The van der Waals surface area contributed by atoms with Crippen molar-refractivity contribution < 1.29 is 19.7 Å². The number of carboxylic acids is 1. The number of anilines is 1. The van der Waals surface area contributed by atoms with E-state index < -0.39 is 11.4 Å². The van der Waals surface area contributed by atoms with Crippen LogP contribution in [0.2, 0.25) is 5.02 Å². The van der Waals surface area contributed by atoms with E-state index in [0.29, 0.717) is 34.8 Å². The van der Waals surface area contributed by atoms with Crippen molar-refractivity contribution in [1.29, 1.82) is 0 Å². The Morgan fingerprint density at radius 3 is 2.80 bits per heavy atom. The molecule has 1 aliphatic rings. The zero-order chi connectivity index (χ0) is 18.0. The molecule has 2 aromatic rings. The Labute approximate surface area is 148 Å². The highest BCUT2D eigenvalue weighted by Gasteiger charge is 2.30. The molecule has 0 spiro atoms. The third kappa shape index (κ3) is 3.63. The smallest absolute Gasteiger partial charge is 0.341 e. The minimum Gasteiger partial charge on any atom is -0.477 e. The van der Waals surface area contributed by atoms with E-state index in [1.807, 2.05) is 0 Å². The molecule has 7 nitrogen and oxygen atoms in total. The summed E-state index contributed by atoms with van der Waals surface area (Å²) in [7, 11) is 0. The van der Waals surface area contributed by atoms with Crippen LogP contribution in [0.1, 0.15) is 34.7 Å². The molecular formula is C17H19ClN2O5. The van der Waals surface area contributed by atoms with Gasteiger partial charge in [-0.2, -0.15) is 0 Å². The van der Waals surface area contributed by atoms with E-state index in [-0.39, 0.29) is 24.7 Å². The molecule has 1 saturated carbocycles. The maximum Gasteiger partial charge on any atom is 0.341 e. The van der Waals surface area contributed by atoms with Gasteiger partial charge in [-0.3, -0.25) is 4.79 Å². The first kappa shape index (κ1) is 17.7. The largest absolute Gasteiger partial charge is 0.477 e. The number of carbonyl (C=O) groups is 1. The lowest BCUT2D eigenvalue weighted by Gasteiger charge is -2.15. The molecule has 1 fully saturated rings. The molecule has 0 bridgehead atoms. The molecule has 0 radical (unpaired) electrons. The van der Waals surface area contributed by atoms with Crippen molar-refractivity contribution in [3.8, 4) is 0 Å². The van der Waals surface area contributed by atoms with E-state index in [4.69, 9.17) is 26.6 Å². The summed E-state index contributed by atoms with van der Waals surface area (Å²) in [6.07, 6.45) is 3.20. The van der Waals surface area contributed by atoms with Gasteiger partial charge < -0.3 is 25.3 Å². The van der Waals surface area contributed by atoms with Gasteiger partial charge in [0.25, 0.3) is 0 Å². The van der Waals surface area contributed by atoms with E-state index in [2.05, 4.69) is 10.3 Å². The first-order valence-electron chi connectivity index (χ1n) is 8.08. The maximum absolute atomic E-state index is 12.5. The quantitative estimate of drug-likeness (QED) is 0.533. The number of aromatic nitrogens is 1. The molecule has 1 heterocycles. The van der Waals surface area contributed by atoms with E-state index >= 15 is 0 Å². The van der Waals surface area contributed by atoms with Crippen LogP contribution >= 0.6 is 11.6 Å². The number of aromatic amines is 1. The summed E-state index contributed by atoms with van der Waals surface area (Å²) in [6, 6.07) is 1.58. The second-order valence-corrected chi connectivity index (χ2v) is 6.33. The zero-order valence-electron chi connectivity index (χ0n) is 13.5. The van der Waals surface area contributed by atoms with Gasteiger partial charge in [0, 0.05) is 23.7 Å². The first-order valence-corrected chi connectivity index (χ1v) is 8.46. The van der Waals surface area contributed by atoms with Crippen LogP contribution in [-0.4, -0.2) is 47.5 Å². The highest BCUT2D eigenvalue weighted by molar-refractivity contribution is 6.35. The van der Waals surface area contributed by atoms with Gasteiger partial charge in [0.1, 0.15) is 5.56 Å². The number of ether oxygens (including phenoxy) is 1. The number of benzene rings is 1. The van der Waals surface area contributed by atoms with Crippen LogP contribution in [0.4, 0.5) is 5.69 Å². The number of fused-ring (bicyclic) bond motifs is 1. The molecule has 0 aliphatic heterocycles. The molecule has 0 saturated heterocycles. The number of aliphatic hydroxyl groups is 1. The molecule has 134 valence electrons. The molecule has 1 aromatic carbocycles. The Morgan fingerprint density at radius 1 is 1.40 bits per heavy atom. The van der Waals surface area contributed by atoms with Crippen molar-refractivity contribution in [3.63, 3.8) is 0 Å². The van der Waals surface area contributed by atoms with Crippen molar-refractivity contribution in [2.75, 3.05) is 31.7 Å². The molecule has 4 N–H and O–H groups in total. The Kier molecular flexibility index (Phi) is 5.27. The van der Waals surface area contributed by atoms with E-state index in [1.165, 1.54) is 6.20 Å². The van der Waals surface area contributed by atoms with Crippen LogP contribution in [0.25, 0.3) is 10.9 Å². The topological polar surface area (TPSA) is 112 Å². The normalized spacial score (nSPS) is 14.0. The Bertz CT molecular complexity index is 860. The van der Waals surface area contributed by atoms with Gasteiger partial charge in [0.15, 0.2) is 0 Å². The summed E-state index contributed by atoms with van der Waals surface area (Å²) in [5, 5.41) is 21.8. The van der Waals surface area contributed by atoms with Gasteiger partial charge in [0.2, 0.25) is 5.43 Å². The van der Waals surface area contributed by atoms with Crippen molar-refractivity contribution >= 4 is 34.2 Å². The van der Waals surface area contributed by atoms with Crippen molar-refractivity contribution in [3.05, 3.63) is 38.6 Å². The molecule has 1 aliphatic carbocycles. The number of H-pyrrole nitrogens is 1. The van der Waals surface area contributed by atoms with Crippen LogP contribution in [0.5, 0.6) is 0 Å². The summed E-state index contributed by atoms with van der Waals surface area (Å²) in [6.45, 7) is 1.03. The van der Waals surface area contributed by atoms with E-state index in [1.54, 1.807) is 6.07 Å². The highest BCUT2D eigenvalue weighted by Crippen LogP contribution is 2.47. The number of aromatic carboxylic acids is 1. The van der Waals surface area contributed by atoms with Gasteiger partial charge in [-0.1, -0.05) is 11.6 Å². The van der Waals surface area contributed by atoms with Gasteiger partial charge in [0.05, 0.1) is 36.0 Å². The molecule has 0 amide bonds. The van der Waals surface area contributed by atoms with E-state index in [9.17, 15) is 9.59 Å². The lowest BCUT2D eigenvalue weighted by atomic mass is 10.0. The van der Waals surface area contributed by atoms with Crippen molar-refractivity contribution in [1.82, 2.24) is 4.98 Å². The van der Waals surface area contributed by atoms with Gasteiger partial charge in [-0.05, 0) is 24.8 Å². The molecule has 25 heavy (non-hydrogen) atoms. The summed E-state index contributed by atoms with van der Waals surface area (Å²) in [5.74, 6) is -0.994. The van der Waals surface area contributed by atoms with Crippen LogP contribution in [-0.2, 0) is 4.74 Å². The molecule has 3 rings (SSSR count). The fourth-order valence-corrected chi connectivity index (χ4v) is 3.21. The highest BCUT2D eigenvalue weighted by atomic mass is 35.5. The monoisotopic (exact) mass is 366 g/mol. The first-order chi connectivity index (χ1) is 12.0. The number of aliphatic hydroxyl groups excluding tert-OH is 1. The van der Waals surface area contributed by atoms with Gasteiger partial charge in [-0.25, -0.2) is 4.79 Å². The van der Waals surface area contributed by atoms with Crippen LogP contribution < -0.4 is 10.7 Å². The molecule has 8 heteroatoms. The SMILES string of the molecule is O=C(O)c1c[nH]c2c(C3CC3)c(Cl)c(NCCOCCO)cc2c1=O. The fraction of sp³-hybridized carbons (Fsp3) is 0.412. The number of halogens is 1. The van der Waals surface area contributed by atoms with Crippen LogP contribution in [0.3, 0.4) is 0 Å². The zero-order valence-corrected chi connectivity index (χ0v) is 14.2. The fourth-order valence-electron chi connectivity index (χ4n) is 2.84. The third-order valence-electron chi connectivity index (χ3n) is 4.16. The molecular weight excluding hydrogens is 348 g/mol. The van der Waals surface area contributed by atoms with Gasteiger partial charge in [-0.15, -0.1) is 0 Å². The minimum atomic E-state index is -1.27. The predicted molar refractivity (Wildman–Crippen MR) is 94.9 cm³/mol. The van der Waals surface area contributed by atoms with Crippen LogP contribution in [0.15, 0.2) is 17.1 Å². The predicted octanol–water partition coefficient (Wildman–Crippen LogP) is 2.18. The third-order valence-corrected chi connectivity index (χ3v) is 4.57. The van der Waals surface area contributed by atoms with Crippen LogP contribution in [0, 0.1) is 0 Å².